The highest BCUT2D eigenvalue weighted by molar-refractivity contribution is 7.89. The SMILES string of the molecule is CCOc1ccc(S(=O)(=O)N2CCN(C(=O)[C@H](NC(C)=O)C(C)C)CC2)cc1. The zero-order valence-electron chi connectivity index (χ0n) is 16.8. The van der Waals surface area contributed by atoms with Gasteiger partial charge >= 0.3 is 0 Å². The normalized spacial score (nSPS) is 16.7. The van der Waals surface area contributed by atoms with Gasteiger partial charge in [-0.05, 0) is 37.1 Å². The van der Waals surface area contributed by atoms with Gasteiger partial charge in [-0.25, -0.2) is 8.42 Å². The monoisotopic (exact) mass is 411 g/mol. The van der Waals surface area contributed by atoms with Crippen LogP contribution in [0.25, 0.3) is 0 Å². The summed E-state index contributed by atoms with van der Waals surface area (Å²) in [6.07, 6.45) is 0. The summed E-state index contributed by atoms with van der Waals surface area (Å²) in [5.41, 5.74) is 0. The number of benzene rings is 1. The van der Waals surface area contributed by atoms with E-state index in [1.54, 1.807) is 17.0 Å². The summed E-state index contributed by atoms with van der Waals surface area (Å²) >= 11 is 0. The first kappa shape index (κ1) is 22.2. The molecule has 1 aliphatic rings. The van der Waals surface area contributed by atoms with Crippen molar-refractivity contribution in [2.75, 3.05) is 32.8 Å². The maximum Gasteiger partial charge on any atom is 0.245 e. The van der Waals surface area contributed by atoms with E-state index in [9.17, 15) is 18.0 Å². The molecule has 1 N–H and O–H groups in total. The molecule has 1 aromatic carbocycles. The lowest BCUT2D eigenvalue weighted by Crippen LogP contribution is -2.56. The molecule has 1 aliphatic heterocycles. The fourth-order valence-electron chi connectivity index (χ4n) is 3.10. The van der Waals surface area contributed by atoms with Crippen LogP contribution in [0.15, 0.2) is 29.2 Å². The van der Waals surface area contributed by atoms with E-state index >= 15 is 0 Å². The molecule has 0 spiro atoms. The summed E-state index contributed by atoms with van der Waals surface area (Å²) in [7, 11) is -3.63. The Hall–Kier alpha value is -2.13. The van der Waals surface area contributed by atoms with Crippen molar-refractivity contribution in [1.82, 2.24) is 14.5 Å². The number of ether oxygens (including phenoxy) is 1. The van der Waals surface area contributed by atoms with Gasteiger partial charge in [0.1, 0.15) is 11.8 Å². The molecule has 8 nitrogen and oxygen atoms in total. The van der Waals surface area contributed by atoms with Crippen LogP contribution in [0.5, 0.6) is 5.75 Å². The second-order valence-electron chi connectivity index (χ2n) is 7.06. The largest absolute Gasteiger partial charge is 0.494 e. The van der Waals surface area contributed by atoms with E-state index in [0.717, 1.165) is 0 Å². The fourth-order valence-corrected chi connectivity index (χ4v) is 4.52. The summed E-state index contributed by atoms with van der Waals surface area (Å²) in [5, 5.41) is 2.69. The average Bonchev–Trinajstić information content (AvgIpc) is 2.66. The topological polar surface area (TPSA) is 96.0 Å². The zero-order valence-corrected chi connectivity index (χ0v) is 17.7. The summed E-state index contributed by atoms with van der Waals surface area (Å²) in [6, 6.07) is 5.73. The van der Waals surface area contributed by atoms with E-state index < -0.39 is 16.1 Å². The van der Waals surface area contributed by atoms with Crippen molar-refractivity contribution in [3.63, 3.8) is 0 Å². The van der Waals surface area contributed by atoms with Crippen LogP contribution in [0, 0.1) is 5.92 Å². The molecule has 0 bridgehead atoms. The maximum atomic E-state index is 12.8. The average molecular weight is 412 g/mol. The number of piperazine rings is 1. The minimum Gasteiger partial charge on any atom is -0.494 e. The molecular weight excluding hydrogens is 382 g/mol. The third-order valence-electron chi connectivity index (χ3n) is 4.61. The molecule has 28 heavy (non-hydrogen) atoms. The number of carbonyl (C=O) groups excluding carboxylic acids is 2. The number of hydrogen-bond acceptors (Lipinski definition) is 5. The summed E-state index contributed by atoms with van der Waals surface area (Å²) in [4.78, 5) is 25.9. The maximum absolute atomic E-state index is 12.8. The number of nitrogens with zero attached hydrogens (tertiary/aromatic N) is 2. The van der Waals surface area contributed by atoms with Gasteiger partial charge in [0.05, 0.1) is 11.5 Å². The fraction of sp³-hybridized carbons (Fsp3) is 0.579. The highest BCUT2D eigenvalue weighted by atomic mass is 32.2. The summed E-state index contributed by atoms with van der Waals surface area (Å²) in [5.74, 6) is 0.128. The highest BCUT2D eigenvalue weighted by Gasteiger charge is 2.33. The van der Waals surface area contributed by atoms with E-state index in [-0.39, 0.29) is 48.8 Å². The van der Waals surface area contributed by atoms with E-state index in [0.29, 0.717) is 12.4 Å². The predicted octanol–water partition coefficient (Wildman–Crippen LogP) is 1.08. The standard InChI is InChI=1S/C19H29N3O5S/c1-5-27-16-6-8-17(9-7-16)28(25,26)22-12-10-21(11-13-22)19(24)18(14(2)3)20-15(4)23/h6-9,14,18H,5,10-13H2,1-4H3,(H,20,23)/t18-/m1/s1. The molecule has 0 saturated carbocycles. The Morgan fingerprint density at radius 3 is 2.14 bits per heavy atom. The Labute approximate surface area is 166 Å². The Morgan fingerprint density at radius 1 is 1.11 bits per heavy atom. The Kier molecular flexibility index (Phi) is 7.42. The second-order valence-corrected chi connectivity index (χ2v) is 8.99. The molecule has 0 aromatic heterocycles. The van der Waals surface area contributed by atoms with Crippen molar-refractivity contribution in [1.29, 1.82) is 0 Å². The summed E-state index contributed by atoms with van der Waals surface area (Å²) in [6.45, 7) is 8.49. The minimum absolute atomic E-state index is 0.0537. The van der Waals surface area contributed by atoms with Gasteiger partial charge in [-0.2, -0.15) is 4.31 Å². The van der Waals surface area contributed by atoms with Gasteiger partial charge in [0.25, 0.3) is 0 Å². The lowest BCUT2D eigenvalue weighted by molar-refractivity contribution is -0.138. The van der Waals surface area contributed by atoms with Crippen molar-refractivity contribution >= 4 is 21.8 Å². The Bertz CT molecular complexity index is 784. The highest BCUT2D eigenvalue weighted by Crippen LogP contribution is 2.21. The van der Waals surface area contributed by atoms with Crippen LogP contribution in [0.3, 0.4) is 0 Å². The second kappa shape index (κ2) is 9.38. The number of hydrogen-bond donors (Lipinski definition) is 1. The van der Waals surface area contributed by atoms with Gasteiger partial charge < -0.3 is 15.0 Å². The van der Waals surface area contributed by atoms with Gasteiger partial charge in [-0.15, -0.1) is 0 Å². The number of sulfonamides is 1. The van der Waals surface area contributed by atoms with Gasteiger partial charge in [-0.3, -0.25) is 9.59 Å². The van der Waals surface area contributed by atoms with Crippen molar-refractivity contribution < 1.29 is 22.7 Å². The number of nitrogens with one attached hydrogen (secondary N) is 1. The number of amides is 2. The molecule has 0 unspecified atom stereocenters. The predicted molar refractivity (Wildman–Crippen MR) is 105 cm³/mol. The van der Waals surface area contributed by atoms with Crippen molar-refractivity contribution in [3.05, 3.63) is 24.3 Å². The smallest absolute Gasteiger partial charge is 0.245 e. The molecule has 0 aliphatic carbocycles. The van der Waals surface area contributed by atoms with Crippen LogP contribution < -0.4 is 10.1 Å². The van der Waals surface area contributed by atoms with Crippen LogP contribution in [0.2, 0.25) is 0 Å². The van der Waals surface area contributed by atoms with E-state index in [1.165, 1.54) is 23.4 Å². The van der Waals surface area contributed by atoms with Crippen molar-refractivity contribution in [2.24, 2.45) is 5.92 Å². The first-order valence-corrected chi connectivity index (χ1v) is 10.9. The quantitative estimate of drug-likeness (QED) is 0.724. The molecule has 2 rings (SSSR count). The third kappa shape index (κ3) is 5.23. The third-order valence-corrected chi connectivity index (χ3v) is 6.53. The minimum atomic E-state index is -3.63. The molecule has 156 valence electrons. The Balaban J connectivity index is 2.03. The van der Waals surface area contributed by atoms with Crippen LogP contribution in [0.4, 0.5) is 0 Å². The van der Waals surface area contributed by atoms with Crippen LogP contribution >= 0.6 is 0 Å². The molecule has 1 fully saturated rings. The van der Waals surface area contributed by atoms with E-state index in [2.05, 4.69) is 5.32 Å². The summed E-state index contributed by atoms with van der Waals surface area (Å²) < 4.78 is 32.4. The van der Waals surface area contributed by atoms with Gasteiger partial charge in [0.2, 0.25) is 21.8 Å². The van der Waals surface area contributed by atoms with E-state index in [1.807, 2.05) is 20.8 Å². The molecule has 1 heterocycles. The Morgan fingerprint density at radius 2 is 1.68 bits per heavy atom. The molecule has 2 amide bonds. The first-order valence-electron chi connectivity index (χ1n) is 9.45. The molecule has 1 saturated heterocycles. The van der Waals surface area contributed by atoms with Crippen LogP contribution in [-0.4, -0.2) is 68.3 Å². The molecule has 1 aromatic rings. The molecule has 9 heteroatoms. The van der Waals surface area contributed by atoms with Gasteiger partial charge in [0.15, 0.2) is 0 Å². The molecule has 0 radical (unpaired) electrons. The lowest BCUT2D eigenvalue weighted by atomic mass is 10.0. The first-order chi connectivity index (χ1) is 13.2. The van der Waals surface area contributed by atoms with Crippen molar-refractivity contribution in [2.45, 2.75) is 38.6 Å². The lowest BCUT2D eigenvalue weighted by Gasteiger charge is -2.36. The molecular formula is C19H29N3O5S. The molecule has 1 atom stereocenters. The van der Waals surface area contributed by atoms with Crippen LogP contribution in [-0.2, 0) is 19.6 Å². The van der Waals surface area contributed by atoms with Crippen LogP contribution in [0.1, 0.15) is 27.7 Å². The van der Waals surface area contributed by atoms with Gasteiger partial charge in [0, 0.05) is 33.1 Å². The van der Waals surface area contributed by atoms with Gasteiger partial charge in [-0.1, -0.05) is 13.8 Å². The zero-order chi connectivity index (χ0) is 20.9. The number of carbonyl (C=O) groups is 2. The van der Waals surface area contributed by atoms with Crippen molar-refractivity contribution in [3.8, 4) is 5.75 Å². The number of rotatable bonds is 7. The van der Waals surface area contributed by atoms with E-state index in [4.69, 9.17) is 4.74 Å².